The Balaban J connectivity index is 2.00. The molecular formula is C15H14ClN3OS. The van der Waals surface area contributed by atoms with Crippen molar-refractivity contribution in [3.63, 3.8) is 0 Å². The van der Waals surface area contributed by atoms with Crippen LogP contribution in [0.25, 0.3) is 10.6 Å². The van der Waals surface area contributed by atoms with Gasteiger partial charge in [0, 0.05) is 30.4 Å². The SMILES string of the molecule is Cn1ccn(Cc2ccccc2-c2nc(CCl)cs2)c1=O. The second kappa shape index (κ2) is 5.87. The van der Waals surface area contributed by atoms with Crippen LogP contribution in [0.1, 0.15) is 11.3 Å². The van der Waals surface area contributed by atoms with Crippen LogP contribution in [-0.4, -0.2) is 14.1 Å². The molecule has 2 aromatic heterocycles. The first kappa shape index (κ1) is 14.1. The van der Waals surface area contributed by atoms with Crippen molar-refractivity contribution < 1.29 is 0 Å². The maximum Gasteiger partial charge on any atom is 0.328 e. The fourth-order valence-corrected chi connectivity index (χ4v) is 3.28. The normalized spacial score (nSPS) is 11.0. The third kappa shape index (κ3) is 2.80. The number of thiazole rings is 1. The van der Waals surface area contributed by atoms with Crippen molar-refractivity contribution in [2.45, 2.75) is 12.4 Å². The van der Waals surface area contributed by atoms with Crippen molar-refractivity contribution >= 4 is 22.9 Å². The van der Waals surface area contributed by atoms with E-state index in [-0.39, 0.29) is 5.69 Å². The van der Waals surface area contributed by atoms with Crippen LogP contribution in [0.2, 0.25) is 0 Å². The summed E-state index contributed by atoms with van der Waals surface area (Å²) in [5, 5.41) is 2.90. The van der Waals surface area contributed by atoms with Gasteiger partial charge in [0.15, 0.2) is 0 Å². The first-order valence-electron chi connectivity index (χ1n) is 6.49. The van der Waals surface area contributed by atoms with E-state index in [9.17, 15) is 4.79 Å². The lowest BCUT2D eigenvalue weighted by Gasteiger charge is -2.07. The maximum absolute atomic E-state index is 12.0. The number of alkyl halides is 1. The molecule has 0 aliphatic carbocycles. The monoisotopic (exact) mass is 319 g/mol. The van der Waals surface area contributed by atoms with E-state index in [1.807, 2.05) is 29.6 Å². The average Bonchev–Trinajstić information content (AvgIpc) is 3.10. The van der Waals surface area contributed by atoms with Crippen LogP contribution >= 0.6 is 22.9 Å². The van der Waals surface area contributed by atoms with Gasteiger partial charge in [-0.25, -0.2) is 9.78 Å². The summed E-state index contributed by atoms with van der Waals surface area (Å²) in [7, 11) is 1.75. The number of rotatable bonds is 4. The van der Waals surface area contributed by atoms with Crippen molar-refractivity contribution in [3.8, 4) is 10.6 Å². The molecule has 0 saturated carbocycles. The molecule has 108 valence electrons. The zero-order chi connectivity index (χ0) is 14.8. The highest BCUT2D eigenvalue weighted by molar-refractivity contribution is 7.13. The van der Waals surface area contributed by atoms with Gasteiger partial charge in [-0.3, -0.25) is 4.57 Å². The number of halogens is 1. The Kier molecular flexibility index (Phi) is 3.94. The van der Waals surface area contributed by atoms with Crippen LogP contribution in [0.15, 0.2) is 46.8 Å². The predicted octanol–water partition coefficient (Wildman–Crippen LogP) is 3.10. The van der Waals surface area contributed by atoms with Gasteiger partial charge in [-0.15, -0.1) is 22.9 Å². The van der Waals surface area contributed by atoms with Crippen LogP contribution in [-0.2, 0) is 19.5 Å². The third-order valence-corrected chi connectivity index (χ3v) is 4.49. The van der Waals surface area contributed by atoms with Gasteiger partial charge >= 0.3 is 5.69 Å². The third-order valence-electron chi connectivity index (χ3n) is 3.29. The molecule has 0 bridgehead atoms. The molecule has 0 fully saturated rings. The molecule has 3 aromatic rings. The highest BCUT2D eigenvalue weighted by Gasteiger charge is 2.10. The largest absolute Gasteiger partial charge is 0.328 e. The van der Waals surface area contributed by atoms with E-state index in [0.717, 1.165) is 21.8 Å². The number of hydrogen-bond acceptors (Lipinski definition) is 3. The topological polar surface area (TPSA) is 39.8 Å². The minimum atomic E-state index is -0.0228. The summed E-state index contributed by atoms with van der Waals surface area (Å²) in [6, 6.07) is 8.01. The Hall–Kier alpha value is -1.85. The van der Waals surface area contributed by atoms with Gasteiger partial charge in [-0.05, 0) is 5.56 Å². The molecule has 0 aliphatic rings. The van der Waals surface area contributed by atoms with Gasteiger partial charge in [-0.1, -0.05) is 24.3 Å². The van der Waals surface area contributed by atoms with Gasteiger partial charge < -0.3 is 4.57 Å². The number of hydrogen-bond donors (Lipinski definition) is 0. The Morgan fingerprint density at radius 2 is 2.10 bits per heavy atom. The lowest BCUT2D eigenvalue weighted by molar-refractivity contribution is 0.718. The minimum Gasteiger partial charge on any atom is -0.302 e. The van der Waals surface area contributed by atoms with Crippen LogP contribution in [0.4, 0.5) is 0 Å². The fraction of sp³-hybridized carbons (Fsp3) is 0.200. The van der Waals surface area contributed by atoms with Crippen molar-refractivity contribution in [1.29, 1.82) is 0 Å². The lowest BCUT2D eigenvalue weighted by Crippen LogP contribution is -2.22. The van der Waals surface area contributed by atoms with Gasteiger partial charge in [0.2, 0.25) is 0 Å². The second-order valence-electron chi connectivity index (χ2n) is 4.75. The van der Waals surface area contributed by atoms with Crippen LogP contribution in [0, 0.1) is 0 Å². The summed E-state index contributed by atoms with van der Waals surface area (Å²) in [5.74, 6) is 0.414. The highest BCUT2D eigenvalue weighted by Crippen LogP contribution is 2.27. The molecule has 0 N–H and O–H groups in total. The average molecular weight is 320 g/mol. The molecule has 0 saturated heterocycles. The van der Waals surface area contributed by atoms with Crippen molar-refractivity contribution in [1.82, 2.24) is 14.1 Å². The first-order valence-corrected chi connectivity index (χ1v) is 7.91. The molecule has 0 amide bonds. The molecule has 21 heavy (non-hydrogen) atoms. The quantitative estimate of drug-likeness (QED) is 0.693. The smallest absolute Gasteiger partial charge is 0.302 e. The molecule has 0 atom stereocenters. The Bertz CT molecular complexity index is 818. The van der Waals surface area contributed by atoms with Crippen LogP contribution in [0.3, 0.4) is 0 Å². The van der Waals surface area contributed by atoms with Gasteiger partial charge in [0.1, 0.15) is 5.01 Å². The van der Waals surface area contributed by atoms with Gasteiger partial charge in [-0.2, -0.15) is 0 Å². The van der Waals surface area contributed by atoms with E-state index >= 15 is 0 Å². The summed E-state index contributed by atoms with van der Waals surface area (Å²) in [4.78, 5) is 16.5. The Morgan fingerprint density at radius 3 is 2.76 bits per heavy atom. The summed E-state index contributed by atoms with van der Waals surface area (Å²) in [5.41, 5.74) is 2.98. The van der Waals surface area contributed by atoms with Crippen molar-refractivity contribution in [3.05, 3.63) is 63.8 Å². The first-order chi connectivity index (χ1) is 10.2. The van der Waals surface area contributed by atoms with Gasteiger partial charge in [0.05, 0.1) is 18.1 Å². The molecule has 1 aromatic carbocycles. The summed E-state index contributed by atoms with van der Waals surface area (Å²) < 4.78 is 3.26. The van der Waals surface area contributed by atoms with Crippen molar-refractivity contribution in [2.75, 3.05) is 0 Å². The van der Waals surface area contributed by atoms with Crippen molar-refractivity contribution in [2.24, 2.45) is 7.05 Å². The number of aryl methyl sites for hydroxylation is 1. The van der Waals surface area contributed by atoms with E-state index in [1.54, 1.807) is 39.9 Å². The number of benzene rings is 1. The van der Waals surface area contributed by atoms with E-state index in [2.05, 4.69) is 4.98 Å². The maximum atomic E-state index is 12.0. The molecule has 0 unspecified atom stereocenters. The fourth-order valence-electron chi connectivity index (χ4n) is 2.17. The number of nitrogens with zero attached hydrogens (tertiary/aromatic N) is 3. The molecule has 0 aliphatic heterocycles. The van der Waals surface area contributed by atoms with E-state index in [1.165, 1.54) is 0 Å². The van der Waals surface area contributed by atoms with Crippen LogP contribution in [0.5, 0.6) is 0 Å². The molecule has 6 heteroatoms. The Morgan fingerprint density at radius 1 is 1.29 bits per heavy atom. The molecule has 0 spiro atoms. The second-order valence-corrected chi connectivity index (χ2v) is 5.88. The summed E-state index contributed by atoms with van der Waals surface area (Å²) in [6.07, 6.45) is 3.56. The van der Waals surface area contributed by atoms with E-state index < -0.39 is 0 Å². The van der Waals surface area contributed by atoms with Gasteiger partial charge in [0.25, 0.3) is 0 Å². The standard InChI is InChI=1S/C15H14ClN3OS/c1-18-6-7-19(15(18)20)9-11-4-2-3-5-13(11)14-17-12(8-16)10-21-14/h2-7,10H,8-9H2,1H3. The van der Waals surface area contributed by atoms with E-state index in [0.29, 0.717) is 12.4 Å². The Labute approximate surface area is 131 Å². The molecule has 3 rings (SSSR count). The summed E-state index contributed by atoms with van der Waals surface area (Å²) >= 11 is 7.39. The zero-order valence-corrected chi connectivity index (χ0v) is 13.1. The predicted molar refractivity (Wildman–Crippen MR) is 85.9 cm³/mol. The number of aromatic nitrogens is 3. The minimum absolute atomic E-state index is 0.0228. The molecule has 4 nitrogen and oxygen atoms in total. The zero-order valence-electron chi connectivity index (χ0n) is 11.5. The molecule has 0 radical (unpaired) electrons. The van der Waals surface area contributed by atoms with E-state index in [4.69, 9.17) is 11.6 Å². The lowest BCUT2D eigenvalue weighted by atomic mass is 10.1. The molecular weight excluding hydrogens is 306 g/mol. The van der Waals surface area contributed by atoms with Crippen LogP contribution < -0.4 is 5.69 Å². The summed E-state index contributed by atoms with van der Waals surface area (Å²) in [6.45, 7) is 0.533. The number of imidazole rings is 1. The highest BCUT2D eigenvalue weighted by atomic mass is 35.5. The molecule has 2 heterocycles.